The van der Waals surface area contributed by atoms with Gasteiger partial charge in [0, 0.05) is 0 Å². The van der Waals surface area contributed by atoms with Gasteiger partial charge < -0.3 is 4.74 Å². The molecule has 2 aliphatic rings. The van der Waals surface area contributed by atoms with Crippen LogP contribution in [0.4, 0.5) is 4.79 Å². The molecule has 0 saturated heterocycles. The van der Waals surface area contributed by atoms with Crippen LogP contribution in [0.3, 0.4) is 0 Å². The molecular formula is C11H16ClNO3. The molecule has 0 aromatic carbocycles. The molecule has 5 heteroatoms. The summed E-state index contributed by atoms with van der Waals surface area (Å²) in [6.07, 6.45) is 6.10. The summed E-state index contributed by atoms with van der Waals surface area (Å²) in [7, 11) is 0. The maximum Gasteiger partial charge on any atom is 0.414 e. The first-order valence-corrected chi connectivity index (χ1v) is 6.23. The van der Waals surface area contributed by atoms with Crippen molar-refractivity contribution in [2.75, 3.05) is 5.88 Å². The number of amides is 2. The Labute approximate surface area is 99.7 Å². The van der Waals surface area contributed by atoms with Gasteiger partial charge in [-0.15, -0.1) is 11.6 Å². The van der Waals surface area contributed by atoms with Crippen molar-refractivity contribution in [3.05, 3.63) is 0 Å². The van der Waals surface area contributed by atoms with Gasteiger partial charge in [-0.2, -0.15) is 0 Å². The van der Waals surface area contributed by atoms with Gasteiger partial charge in [-0.05, 0) is 43.9 Å². The Balaban J connectivity index is 1.69. The van der Waals surface area contributed by atoms with Gasteiger partial charge in [0.05, 0.1) is 0 Å². The van der Waals surface area contributed by atoms with Gasteiger partial charge in [0.2, 0.25) is 5.91 Å². The quantitative estimate of drug-likeness (QED) is 0.759. The van der Waals surface area contributed by atoms with Gasteiger partial charge in [-0.25, -0.2) is 4.79 Å². The van der Waals surface area contributed by atoms with Crippen LogP contribution in [0, 0.1) is 5.41 Å². The first kappa shape index (κ1) is 11.7. The van der Waals surface area contributed by atoms with Crippen molar-refractivity contribution in [3.63, 3.8) is 0 Å². The Morgan fingerprint density at radius 3 is 2.38 bits per heavy atom. The molecule has 0 heterocycles. The van der Waals surface area contributed by atoms with E-state index in [1.165, 1.54) is 12.8 Å². The number of carbonyl (C=O) groups is 2. The molecule has 0 aromatic heterocycles. The Bertz CT molecular complexity index is 292. The van der Waals surface area contributed by atoms with Crippen LogP contribution in [0.5, 0.6) is 0 Å². The lowest BCUT2D eigenvalue weighted by atomic mass is 9.85. The average molecular weight is 246 g/mol. The minimum Gasteiger partial charge on any atom is -0.446 e. The van der Waals surface area contributed by atoms with E-state index < -0.39 is 12.0 Å². The molecule has 0 radical (unpaired) electrons. The van der Waals surface area contributed by atoms with Gasteiger partial charge in [-0.3, -0.25) is 10.1 Å². The van der Waals surface area contributed by atoms with Crippen LogP contribution >= 0.6 is 11.6 Å². The zero-order valence-corrected chi connectivity index (χ0v) is 9.89. The van der Waals surface area contributed by atoms with Crippen LogP contribution in [-0.4, -0.2) is 24.0 Å². The Morgan fingerprint density at radius 1 is 1.25 bits per heavy atom. The number of carbonyl (C=O) groups excluding carboxylic acids is 2. The van der Waals surface area contributed by atoms with Crippen LogP contribution in [0.15, 0.2) is 0 Å². The number of alkyl carbamates (subject to hydrolysis) is 1. The summed E-state index contributed by atoms with van der Waals surface area (Å²) >= 11 is 5.26. The molecule has 16 heavy (non-hydrogen) atoms. The van der Waals surface area contributed by atoms with Crippen LogP contribution in [0.2, 0.25) is 0 Å². The van der Waals surface area contributed by atoms with E-state index in [4.69, 9.17) is 16.3 Å². The van der Waals surface area contributed by atoms with Crippen LogP contribution in [-0.2, 0) is 9.53 Å². The fraction of sp³-hybridized carbons (Fsp3) is 0.818. The van der Waals surface area contributed by atoms with E-state index in [2.05, 4.69) is 5.32 Å². The SMILES string of the molecule is O=C(CCl)NC(=O)OC1CCC2(CC1)CC2. The van der Waals surface area contributed by atoms with E-state index >= 15 is 0 Å². The van der Waals surface area contributed by atoms with E-state index in [0.29, 0.717) is 5.41 Å². The smallest absolute Gasteiger partial charge is 0.414 e. The zero-order valence-electron chi connectivity index (χ0n) is 9.13. The van der Waals surface area contributed by atoms with Crippen molar-refractivity contribution in [1.82, 2.24) is 5.32 Å². The highest BCUT2D eigenvalue weighted by atomic mass is 35.5. The number of alkyl halides is 1. The maximum atomic E-state index is 11.2. The third-order valence-electron chi connectivity index (χ3n) is 3.59. The second kappa shape index (κ2) is 4.62. The molecular weight excluding hydrogens is 230 g/mol. The monoisotopic (exact) mass is 245 g/mol. The van der Waals surface area contributed by atoms with E-state index in [1.54, 1.807) is 0 Å². The van der Waals surface area contributed by atoms with Crippen LogP contribution in [0.25, 0.3) is 0 Å². The average Bonchev–Trinajstić information content (AvgIpc) is 3.02. The summed E-state index contributed by atoms with van der Waals surface area (Å²) < 4.78 is 5.16. The van der Waals surface area contributed by atoms with Crippen molar-refractivity contribution in [1.29, 1.82) is 0 Å². The summed E-state index contributed by atoms with van der Waals surface area (Å²) in [4.78, 5) is 22.1. The highest BCUT2D eigenvalue weighted by molar-refractivity contribution is 6.28. The highest BCUT2D eigenvalue weighted by Crippen LogP contribution is 2.56. The molecule has 2 aliphatic carbocycles. The number of halogens is 1. The molecule has 2 fully saturated rings. The van der Waals surface area contributed by atoms with Gasteiger partial charge in [0.25, 0.3) is 0 Å². The molecule has 0 aliphatic heterocycles. The molecule has 1 N–H and O–H groups in total. The summed E-state index contributed by atoms with van der Waals surface area (Å²) in [6, 6.07) is 0. The standard InChI is InChI=1S/C11H16ClNO3/c12-7-9(14)13-10(15)16-8-1-3-11(4-2-8)5-6-11/h8H,1-7H2,(H,13,14,15). The number of imide groups is 1. The van der Waals surface area contributed by atoms with Crippen molar-refractivity contribution >= 4 is 23.6 Å². The third-order valence-corrected chi connectivity index (χ3v) is 3.83. The molecule has 2 saturated carbocycles. The number of ether oxygens (including phenoxy) is 1. The lowest BCUT2D eigenvalue weighted by molar-refractivity contribution is -0.118. The van der Waals surface area contributed by atoms with E-state index in [9.17, 15) is 9.59 Å². The van der Waals surface area contributed by atoms with Crippen molar-refractivity contribution in [3.8, 4) is 0 Å². The minimum absolute atomic E-state index is 0.0330. The predicted molar refractivity (Wildman–Crippen MR) is 59.3 cm³/mol. The first-order valence-electron chi connectivity index (χ1n) is 5.70. The van der Waals surface area contributed by atoms with Crippen molar-refractivity contribution in [2.24, 2.45) is 5.41 Å². The van der Waals surface area contributed by atoms with Crippen molar-refractivity contribution < 1.29 is 14.3 Å². The highest BCUT2D eigenvalue weighted by Gasteiger charge is 2.45. The second-order valence-corrected chi connectivity index (χ2v) is 5.05. The largest absolute Gasteiger partial charge is 0.446 e. The van der Waals surface area contributed by atoms with E-state index in [-0.39, 0.29) is 12.0 Å². The van der Waals surface area contributed by atoms with Gasteiger partial charge in [0.15, 0.2) is 0 Å². The van der Waals surface area contributed by atoms with E-state index in [1.807, 2.05) is 0 Å². The topological polar surface area (TPSA) is 55.4 Å². The third kappa shape index (κ3) is 2.88. The molecule has 0 bridgehead atoms. The number of nitrogens with one attached hydrogen (secondary N) is 1. The predicted octanol–water partition coefficient (Wildman–Crippen LogP) is 2.20. The summed E-state index contributed by atoms with van der Waals surface area (Å²) in [5.74, 6) is -0.732. The molecule has 0 unspecified atom stereocenters. The molecule has 1 spiro atoms. The van der Waals surface area contributed by atoms with Gasteiger partial charge in [0.1, 0.15) is 12.0 Å². The fourth-order valence-corrected chi connectivity index (χ4v) is 2.39. The number of rotatable bonds is 2. The summed E-state index contributed by atoms with van der Waals surface area (Å²) in [5, 5.41) is 2.08. The van der Waals surface area contributed by atoms with Crippen molar-refractivity contribution in [2.45, 2.75) is 44.6 Å². The second-order valence-electron chi connectivity index (χ2n) is 4.79. The Kier molecular flexibility index (Phi) is 3.38. The lowest BCUT2D eigenvalue weighted by Crippen LogP contribution is -2.35. The van der Waals surface area contributed by atoms with Crippen LogP contribution in [0.1, 0.15) is 38.5 Å². The van der Waals surface area contributed by atoms with Gasteiger partial charge >= 0.3 is 6.09 Å². The van der Waals surface area contributed by atoms with E-state index in [0.717, 1.165) is 25.7 Å². The fourth-order valence-electron chi connectivity index (χ4n) is 2.33. The lowest BCUT2D eigenvalue weighted by Gasteiger charge is -2.27. The summed E-state index contributed by atoms with van der Waals surface area (Å²) in [5.41, 5.74) is 0.586. The first-order chi connectivity index (χ1) is 7.63. The molecule has 4 nitrogen and oxygen atoms in total. The maximum absolute atomic E-state index is 11.2. The molecule has 0 aromatic rings. The number of hydrogen-bond donors (Lipinski definition) is 1. The van der Waals surface area contributed by atoms with Crippen LogP contribution < -0.4 is 5.32 Å². The summed E-state index contributed by atoms with van der Waals surface area (Å²) in [6.45, 7) is 0. The minimum atomic E-state index is -0.664. The molecule has 0 atom stereocenters. The molecule has 2 amide bonds. The van der Waals surface area contributed by atoms with Gasteiger partial charge in [-0.1, -0.05) is 0 Å². The Hall–Kier alpha value is -0.770. The number of hydrogen-bond acceptors (Lipinski definition) is 3. The normalized spacial score (nSPS) is 22.8. The molecule has 90 valence electrons. The molecule has 2 rings (SSSR count). The Morgan fingerprint density at radius 2 is 1.88 bits per heavy atom. The zero-order chi connectivity index (χ0) is 11.6.